The van der Waals surface area contributed by atoms with Gasteiger partial charge in [0.15, 0.2) is 0 Å². The first-order valence-electron chi connectivity index (χ1n) is 13.2. The molecule has 0 spiro atoms. The van der Waals surface area contributed by atoms with Crippen molar-refractivity contribution in [2.45, 2.75) is 103 Å². The average molecular weight is 471 g/mol. The van der Waals surface area contributed by atoms with Crippen molar-refractivity contribution in [1.29, 1.82) is 0 Å². The van der Waals surface area contributed by atoms with Crippen LogP contribution < -0.4 is 0 Å². The third-order valence-electron chi connectivity index (χ3n) is 9.14. The van der Waals surface area contributed by atoms with Crippen LogP contribution >= 0.6 is 0 Å². The summed E-state index contributed by atoms with van der Waals surface area (Å²) in [6.45, 7) is 12.3. The Bertz CT molecular complexity index is 850. The number of hydrogen-bond donors (Lipinski definition) is 4. The summed E-state index contributed by atoms with van der Waals surface area (Å²) in [5, 5.41) is 40.5. The molecular formula is C30H46O4. The fourth-order valence-corrected chi connectivity index (χ4v) is 6.76. The summed E-state index contributed by atoms with van der Waals surface area (Å²) < 4.78 is 0. The molecule has 3 rings (SSSR count). The van der Waals surface area contributed by atoms with Gasteiger partial charge in [-0.15, -0.1) is 0 Å². The van der Waals surface area contributed by atoms with Crippen molar-refractivity contribution in [2.24, 2.45) is 23.2 Å². The monoisotopic (exact) mass is 470 g/mol. The predicted octanol–water partition coefficient (Wildman–Crippen LogP) is 5.40. The van der Waals surface area contributed by atoms with Gasteiger partial charge >= 0.3 is 0 Å². The molecule has 0 aromatic rings. The molecule has 0 aromatic heterocycles. The Kier molecular flexibility index (Phi) is 8.84. The van der Waals surface area contributed by atoms with E-state index >= 15 is 0 Å². The molecular weight excluding hydrogens is 424 g/mol. The lowest BCUT2D eigenvalue weighted by Gasteiger charge is -2.44. The molecule has 3 saturated carbocycles. The first kappa shape index (κ1) is 27.1. The molecule has 0 unspecified atom stereocenters. The number of aliphatic hydroxyl groups is 4. The predicted molar refractivity (Wildman–Crippen MR) is 139 cm³/mol. The van der Waals surface area contributed by atoms with Crippen molar-refractivity contribution < 1.29 is 20.4 Å². The van der Waals surface area contributed by atoms with Crippen LogP contribution in [0.4, 0.5) is 0 Å². The molecule has 0 radical (unpaired) electrons. The fraction of sp³-hybridized carbons (Fsp3) is 0.667. The SMILES string of the molecule is C=C1/C(=C/C=C2\CCC[C@]3(C)[C@@H]([C@H](C)/C=C/C=C/[C@](O)(CC)[C@@H](C)O)CC[C@@H]23)C[C@@H](O)C[C@@H]1O. The third kappa shape index (κ3) is 5.67. The molecule has 4 nitrogen and oxygen atoms in total. The number of fused-ring (bicyclic) bond motifs is 1. The molecule has 0 bridgehead atoms. The molecule has 4 heteroatoms. The maximum Gasteiger partial charge on any atom is 0.108 e. The molecule has 0 aromatic carbocycles. The fourth-order valence-electron chi connectivity index (χ4n) is 6.76. The van der Waals surface area contributed by atoms with E-state index in [2.05, 4.69) is 38.7 Å². The Morgan fingerprint density at radius 2 is 1.91 bits per heavy atom. The van der Waals surface area contributed by atoms with Crippen LogP contribution in [0.3, 0.4) is 0 Å². The molecule has 34 heavy (non-hydrogen) atoms. The van der Waals surface area contributed by atoms with Gasteiger partial charge in [-0.05, 0) is 86.2 Å². The van der Waals surface area contributed by atoms with Gasteiger partial charge in [0.1, 0.15) is 5.60 Å². The molecule has 0 heterocycles. The maximum atomic E-state index is 10.5. The summed E-state index contributed by atoms with van der Waals surface area (Å²) in [5.74, 6) is 1.61. The lowest BCUT2D eigenvalue weighted by molar-refractivity contribution is -0.0314. The summed E-state index contributed by atoms with van der Waals surface area (Å²) in [5.41, 5.74) is 2.33. The highest BCUT2D eigenvalue weighted by Crippen LogP contribution is 2.59. The van der Waals surface area contributed by atoms with Gasteiger partial charge in [0.25, 0.3) is 0 Å². The van der Waals surface area contributed by atoms with Crippen LogP contribution in [-0.2, 0) is 0 Å². The Balaban J connectivity index is 1.72. The first-order valence-corrected chi connectivity index (χ1v) is 13.2. The van der Waals surface area contributed by atoms with E-state index in [9.17, 15) is 20.4 Å². The Morgan fingerprint density at radius 1 is 1.18 bits per heavy atom. The van der Waals surface area contributed by atoms with Crippen LogP contribution in [0.5, 0.6) is 0 Å². The number of rotatable bonds is 7. The van der Waals surface area contributed by atoms with Crippen LogP contribution in [0.1, 0.15) is 79.1 Å². The van der Waals surface area contributed by atoms with E-state index in [0.717, 1.165) is 17.6 Å². The van der Waals surface area contributed by atoms with Crippen molar-refractivity contribution in [1.82, 2.24) is 0 Å². The summed E-state index contributed by atoms with van der Waals surface area (Å²) in [6, 6.07) is 0. The highest BCUT2D eigenvalue weighted by molar-refractivity contribution is 5.38. The van der Waals surface area contributed by atoms with E-state index in [1.165, 1.54) is 31.3 Å². The van der Waals surface area contributed by atoms with Gasteiger partial charge in [-0.25, -0.2) is 0 Å². The van der Waals surface area contributed by atoms with Gasteiger partial charge in [-0.3, -0.25) is 0 Å². The Labute approximate surface area is 206 Å². The molecule has 0 saturated heterocycles. The van der Waals surface area contributed by atoms with Crippen LogP contribution in [0.25, 0.3) is 0 Å². The van der Waals surface area contributed by atoms with E-state index in [0.29, 0.717) is 37.0 Å². The summed E-state index contributed by atoms with van der Waals surface area (Å²) in [4.78, 5) is 0. The molecule has 3 aliphatic carbocycles. The van der Waals surface area contributed by atoms with Crippen molar-refractivity contribution in [3.8, 4) is 0 Å². The number of allylic oxidation sites excluding steroid dienone is 6. The second-order valence-corrected chi connectivity index (χ2v) is 11.3. The highest BCUT2D eigenvalue weighted by Gasteiger charge is 2.50. The van der Waals surface area contributed by atoms with Crippen LogP contribution in [0, 0.1) is 23.2 Å². The molecule has 0 amide bonds. The molecule has 4 N–H and O–H groups in total. The molecule has 190 valence electrons. The minimum Gasteiger partial charge on any atom is -0.393 e. The van der Waals surface area contributed by atoms with Gasteiger partial charge in [0, 0.05) is 6.42 Å². The highest BCUT2D eigenvalue weighted by atomic mass is 16.3. The second kappa shape index (κ2) is 11.1. The van der Waals surface area contributed by atoms with E-state index in [1.807, 2.05) is 19.1 Å². The smallest absolute Gasteiger partial charge is 0.108 e. The zero-order chi connectivity index (χ0) is 25.1. The van der Waals surface area contributed by atoms with Crippen molar-refractivity contribution >= 4 is 0 Å². The normalized spacial score (nSPS) is 38.5. The van der Waals surface area contributed by atoms with E-state index in [1.54, 1.807) is 13.0 Å². The molecule has 0 aliphatic heterocycles. The van der Waals surface area contributed by atoms with Crippen molar-refractivity contribution in [3.63, 3.8) is 0 Å². The zero-order valence-electron chi connectivity index (χ0n) is 21.6. The van der Waals surface area contributed by atoms with Crippen molar-refractivity contribution in [3.05, 3.63) is 59.8 Å². The summed E-state index contributed by atoms with van der Waals surface area (Å²) in [6.07, 6.45) is 17.7. The lowest BCUT2D eigenvalue weighted by atomic mass is 9.61. The minimum absolute atomic E-state index is 0.266. The van der Waals surface area contributed by atoms with Crippen molar-refractivity contribution in [2.75, 3.05) is 0 Å². The van der Waals surface area contributed by atoms with Gasteiger partial charge < -0.3 is 20.4 Å². The quantitative estimate of drug-likeness (QED) is 0.376. The van der Waals surface area contributed by atoms with E-state index in [4.69, 9.17) is 0 Å². The summed E-state index contributed by atoms with van der Waals surface area (Å²) in [7, 11) is 0. The largest absolute Gasteiger partial charge is 0.393 e. The summed E-state index contributed by atoms with van der Waals surface area (Å²) >= 11 is 0. The maximum absolute atomic E-state index is 10.5. The standard InChI is InChI=1S/C30H46O4/c1-6-30(34,22(4)31)17-8-7-10-20(2)26-14-15-27-23(11-9-16-29(26,27)5)12-13-24-18-25(32)19-28(33)21(24)3/h7-8,10,12-13,17,20,22,25-28,31-34H,3,6,9,11,14-16,18-19H2,1-2,4-5H3/b10-7+,17-8+,23-12+,24-13+/t20-,22-,25-,26-,27+,28+,29-,30-/m1/s1. The van der Waals surface area contributed by atoms with Gasteiger partial charge in [-0.1, -0.05) is 69.4 Å². The van der Waals surface area contributed by atoms with Crippen LogP contribution in [0.2, 0.25) is 0 Å². The topological polar surface area (TPSA) is 80.9 Å². The molecule has 3 fully saturated rings. The number of aliphatic hydroxyl groups excluding tert-OH is 3. The molecule has 8 atom stereocenters. The lowest BCUT2D eigenvalue weighted by Crippen LogP contribution is -2.37. The Hall–Kier alpha value is -1.46. The first-order chi connectivity index (χ1) is 16.0. The van der Waals surface area contributed by atoms with Gasteiger partial charge in [-0.2, -0.15) is 0 Å². The van der Waals surface area contributed by atoms with Gasteiger partial charge in [0.2, 0.25) is 0 Å². The molecule has 3 aliphatic rings. The Morgan fingerprint density at radius 3 is 2.59 bits per heavy atom. The second-order valence-electron chi connectivity index (χ2n) is 11.3. The zero-order valence-corrected chi connectivity index (χ0v) is 21.6. The number of hydrogen-bond acceptors (Lipinski definition) is 4. The van der Waals surface area contributed by atoms with Crippen LogP contribution in [0.15, 0.2) is 59.8 Å². The van der Waals surface area contributed by atoms with Crippen LogP contribution in [-0.4, -0.2) is 44.3 Å². The van der Waals surface area contributed by atoms with E-state index in [-0.39, 0.29) is 5.41 Å². The van der Waals surface area contributed by atoms with Gasteiger partial charge in [0.05, 0.1) is 18.3 Å². The average Bonchev–Trinajstić information content (AvgIpc) is 3.15. The van der Waals surface area contributed by atoms with E-state index < -0.39 is 23.9 Å². The third-order valence-corrected chi connectivity index (χ3v) is 9.14. The minimum atomic E-state index is -1.18.